The summed E-state index contributed by atoms with van der Waals surface area (Å²) in [7, 11) is 0. The highest BCUT2D eigenvalue weighted by atomic mass is 35.5. The molecule has 0 radical (unpaired) electrons. The fourth-order valence-corrected chi connectivity index (χ4v) is 0.793. The number of aldehydes is 1. The van der Waals surface area contributed by atoms with Crippen LogP contribution >= 0.6 is 11.6 Å². The van der Waals surface area contributed by atoms with Crippen molar-refractivity contribution in [1.82, 2.24) is 4.98 Å². The smallest absolute Gasteiger partial charge is 0.168 e. The van der Waals surface area contributed by atoms with Crippen molar-refractivity contribution in [2.45, 2.75) is 27.2 Å². The molecule has 0 aliphatic rings. The minimum atomic E-state index is 0.354. The summed E-state index contributed by atoms with van der Waals surface area (Å²) in [6, 6.07) is 3.42. The summed E-state index contributed by atoms with van der Waals surface area (Å²) in [5.41, 5.74) is 1.26. The van der Waals surface area contributed by atoms with Crippen LogP contribution in [0.1, 0.15) is 36.3 Å². The number of hydrogen-bond donors (Lipinski definition) is 0. The number of rotatable bonds is 1. The lowest BCUT2D eigenvalue weighted by atomic mass is 10.2. The largest absolute Gasteiger partial charge is 0.296 e. The normalized spacial score (nSPS) is 8.62. The molecule has 72 valence electrons. The number of carbonyl (C=O) groups excluding carboxylic acids is 1. The van der Waals surface area contributed by atoms with Crippen LogP contribution in [0.4, 0.5) is 0 Å². The summed E-state index contributed by atoms with van der Waals surface area (Å²) in [5.74, 6) is 0. The number of aromatic nitrogens is 1. The van der Waals surface area contributed by atoms with E-state index in [-0.39, 0.29) is 0 Å². The molecule has 0 aliphatic heterocycles. The van der Waals surface area contributed by atoms with E-state index in [0.29, 0.717) is 17.1 Å². The summed E-state index contributed by atoms with van der Waals surface area (Å²) < 4.78 is 0. The first-order valence-electron chi connectivity index (χ1n) is 4.24. The zero-order valence-electron chi connectivity index (χ0n) is 8.17. The lowest BCUT2D eigenvalue weighted by molar-refractivity contribution is 0.111. The van der Waals surface area contributed by atoms with Gasteiger partial charge in [0.1, 0.15) is 10.8 Å². The monoisotopic (exact) mass is 199 g/mol. The summed E-state index contributed by atoms with van der Waals surface area (Å²) in [6.07, 6.45) is 1.95. The van der Waals surface area contributed by atoms with Crippen molar-refractivity contribution < 1.29 is 4.79 Å². The number of pyridine rings is 1. The van der Waals surface area contributed by atoms with Gasteiger partial charge in [-0.1, -0.05) is 37.9 Å². The SMILES string of the molecule is CCC.Cc1ccc(Cl)nc1C=O. The van der Waals surface area contributed by atoms with Crippen LogP contribution in [0.5, 0.6) is 0 Å². The Morgan fingerprint density at radius 2 is 2.00 bits per heavy atom. The summed E-state index contributed by atoms with van der Waals surface area (Å²) in [6.45, 7) is 6.06. The average Bonchev–Trinajstić information content (AvgIpc) is 2.10. The molecule has 0 aromatic carbocycles. The molecule has 1 heterocycles. The van der Waals surface area contributed by atoms with Gasteiger partial charge in [0.15, 0.2) is 6.29 Å². The van der Waals surface area contributed by atoms with E-state index in [1.54, 1.807) is 12.1 Å². The van der Waals surface area contributed by atoms with E-state index in [2.05, 4.69) is 18.8 Å². The standard InChI is InChI=1S/C7H6ClNO.C3H8/c1-5-2-3-7(8)9-6(5)4-10;1-3-2/h2-4H,1H3;3H2,1-2H3. The molecule has 13 heavy (non-hydrogen) atoms. The second-order valence-electron chi connectivity index (χ2n) is 2.66. The van der Waals surface area contributed by atoms with Crippen molar-refractivity contribution in [1.29, 1.82) is 0 Å². The molecule has 0 bridgehead atoms. The summed E-state index contributed by atoms with van der Waals surface area (Å²) >= 11 is 5.53. The number of hydrogen-bond acceptors (Lipinski definition) is 2. The van der Waals surface area contributed by atoms with E-state index < -0.39 is 0 Å². The molecule has 0 saturated carbocycles. The molecule has 0 saturated heterocycles. The number of aryl methyl sites for hydroxylation is 1. The van der Waals surface area contributed by atoms with Crippen molar-refractivity contribution >= 4 is 17.9 Å². The van der Waals surface area contributed by atoms with Crippen LogP contribution < -0.4 is 0 Å². The Balaban J connectivity index is 0.000000424. The van der Waals surface area contributed by atoms with Crippen molar-refractivity contribution in [2.75, 3.05) is 0 Å². The topological polar surface area (TPSA) is 30.0 Å². The average molecular weight is 200 g/mol. The molecule has 1 aromatic rings. The molecule has 0 N–H and O–H groups in total. The molecule has 1 rings (SSSR count). The van der Waals surface area contributed by atoms with Gasteiger partial charge < -0.3 is 0 Å². The second kappa shape index (κ2) is 6.61. The predicted molar refractivity (Wildman–Crippen MR) is 55.3 cm³/mol. The molecule has 0 unspecified atom stereocenters. The number of nitrogens with zero attached hydrogens (tertiary/aromatic N) is 1. The fraction of sp³-hybridized carbons (Fsp3) is 0.400. The van der Waals surface area contributed by atoms with E-state index in [1.807, 2.05) is 6.92 Å². The van der Waals surface area contributed by atoms with Gasteiger partial charge in [-0.25, -0.2) is 4.98 Å². The zero-order chi connectivity index (χ0) is 10.3. The Morgan fingerprint density at radius 1 is 1.46 bits per heavy atom. The van der Waals surface area contributed by atoms with Gasteiger partial charge in [0.05, 0.1) is 0 Å². The highest BCUT2D eigenvalue weighted by Gasteiger charge is 1.97. The first kappa shape index (κ1) is 12.1. The van der Waals surface area contributed by atoms with Crippen LogP contribution in [0.2, 0.25) is 5.15 Å². The maximum absolute atomic E-state index is 10.3. The third kappa shape index (κ3) is 4.63. The maximum atomic E-state index is 10.3. The van der Waals surface area contributed by atoms with Crippen molar-refractivity contribution in [2.24, 2.45) is 0 Å². The molecule has 0 fully saturated rings. The van der Waals surface area contributed by atoms with Crippen LogP contribution in [-0.4, -0.2) is 11.3 Å². The van der Waals surface area contributed by atoms with Gasteiger partial charge in [0, 0.05) is 0 Å². The number of halogens is 1. The van der Waals surface area contributed by atoms with E-state index in [9.17, 15) is 4.79 Å². The van der Waals surface area contributed by atoms with Crippen molar-refractivity contribution in [3.8, 4) is 0 Å². The van der Waals surface area contributed by atoms with Crippen LogP contribution in [0.15, 0.2) is 12.1 Å². The minimum absolute atomic E-state index is 0.354. The van der Waals surface area contributed by atoms with Gasteiger partial charge in [-0.05, 0) is 18.6 Å². The van der Waals surface area contributed by atoms with Crippen LogP contribution in [-0.2, 0) is 0 Å². The molecule has 3 heteroatoms. The minimum Gasteiger partial charge on any atom is -0.296 e. The first-order chi connectivity index (χ1) is 6.15. The van der Waals surface area contributed by atoms with Gasteiger partial charge in [0.25, 0.3) is 0 Å². The fourth-order valence-electron chi connectivity index (χ4n) is 0.639. The second-order valence-corrected chi connectivity index (χ2v) is 3.05. The quantitative estimate of drug-likeness (QED) is 0.513. The molecule has 0 amide bonds. The molecular weight excluding hydrogens is 186 g/mol. The molecular formula is C10H14ClNO. The van der Waals surface area contributed by atoms with Crippen molar-refractivity contribution in [3.63, 3.8) is 0 Å². The molecule has 0 spiro atoms. The van der Waals surface area contributed by atoms with Crippen molar-refractivity contribution in [3.05, 3.63) is 28.5 Å². The van der Waals surface area contributed by atoms with Gasteiger partial charge in [-0.15, -0.1) is 0 Å². The number of carbonyl (C=O) groups is 1. The third-order valence-corrected chi connectivity index (χ3v) is 1.42. The highest BCUT2D eigenvalue weighted by Crippen LogP contribution is 2.07. The summed E-state index contributed by atoms with van der Waals surface area (Å²) in [5, 5.41) is 0.354. The van der Waals surface area contributed by atoms with Gasteiger partial charge in [0.2, 0.25) is 0 Å². The molecule has 0 atom stereocenters. The van der Waals surface area contributed by atoms with Crippen LogP contribution in [0, 0.1) is 6.92 Å². The van der Waals surface area contributed by atoms with E-state index in [1.165, 1.54) is 6.42 Å². The summed E-state index contributed by atoms with van der Waals surface area (Å²) in [4.78, 5) is 14.0. The predicted octanol–water partition coefficient (Wildman–Crippen LogP) is 3.27. The maximum Gasteiger partial charge on any atom is 0.168 e. The zero-order valence-corrected chi connectivity index (χ0v) is 8.93. The Hall–Kier alpha value is -0.890. The van der Waals surface area contributed by atoms with E-state index >= 15 is 0 Å². The third-order valence-electron chi connectivity index (χ3n) is 1.21. The molecule has 0 aliphatic carbocycles. The Labute approximate surface area is 83.9 Å². The lowest BCUT2D eigenvalue weighted by Crippen LogP contribution is -1.90. The lowest BCUT2D eigenvalue weighted by Gasteiger charge is -1.94. The van der Waals surface area contributed by atoms with Gasteiger partial charge in [-0.2, -0.15) is 0 Å². The van der Waals surface area contributed by atoms with Crippen LogP contribution in [0.25, 0.3) is 0 Å². The van der Waals surface area contributed by atoms with E-state index in [0.717, 1.165) is 5.56 Å². The Bertz CT molecular complexity index is 274. The molecule has 2 nitrogen and oxygen atoms in total. The Kier molecular flexibility index (Phi) is 6.15. The van der Waals surface area contributed by atoms with Gasteiger partial charge in [-0.3, -0.25) is 4.79 Å². The van der Waals surface area contributed by atoms with Gasteiger partial charge >= 0.3 is 0 Å². The highest BCUT2D eigenvalue weighted by molar-refractivity contribution is 6.29. The Morgan fingerprint density at radius 3 is 2.38 bits per heavy atom. The molecule has 1 aromatic heterocycles. The first-order valence-corrected chi connectivity index (χ1v) is 4.61. The van der Waals surface area contributed by atoms with Crippen LogP contribution in [0.3, 0.4) is 0 Å². The van der Waals surface area contributed by atoms with E-state index in [4.69, 9.17) is 11.6 Å².